The Bertz CT molecular complexity index is 864. The van der Waals surface area contributed by atoms with Crippen molar-refractivity contribution in [1.29, 1.82) is 0 Å². The maximum atomic E-state index is 11.3. The largest absolute Gasteiger partial charge is 0.495 e. The zero-order valence-electron chi connectivity index (χ0n) is 12.8. The van der Waals surface area contributed by atoms with Crippen molar-refractivity contribution in [2.24, 2.45) is 0 Å². The SMILES string of the molecule is COc1ccc(Nc2cnc3ccccc3n2)cc1NC(C)=O. The highest BCUT2D eigenvalue weighted by Crippen LogP contribution is 2.29. The first kappa shape index (κ1) is 14.8. The van der Waals surface area contributed by atoms with E-state index in [9.17, 15) is 4.79 Å². The second kappa shape index (κ2) is 6.31. The van der Waals surface area contributed by atoms with Crippen LogP contribution >= 0.6 is 0 Å². The van der Waals surface area contributed by atoms with Crippen molar-refractivity contribution in [2.75, 3.05) is 17.7 Å². The van der Waals surface area contributed by atoms with E-state index in [1.165, 1.54) is 6.92 Å². The van der Waals surface area contributed by atoms with Gasteiger partial charge in [0.05, 0.1) is 30.0 Å². The monoisotopic (exact) mass is 308 g/mol. The van der Waals surface area contributed by atoms with E-state index in [0.29, 0.717) is 17.3 Å². The molecule has 2 aromatic carbocycles. The number of ether oxygens (including phenoxy) is 1. The van der Waals surface area contributed by atoms with Gasteiger partial charge in [-0.15, -0.1) is 0 Å². The van der Waals surface area contributed by atoms with Crippen LogP contribution in [0.1, 0.15) is 6.92 Å². The maximum absolute atomic E-state index is 11.3. The fourth-order valence-corrected chi connectivity index (χ4v) is 2.24. The molecule has 2 N–H and O–H groups in total. The summed E-state index contributed by atoms with van der Waals surface area (Å²) in [7, 11) is 1.56. The zero-order chi connectivity index (χ0) is 16.2. The second-order valence-electron chi connectivity index (χ2n) is 4.97. The molecular weight excluding hydrogens is 292 g/mol. The van der Waals surface area contributed by atoms with Gasteiger partial charge >= 0.3 is 0 Å². The molecule has 1 heterocycles. The third-order valence-corrected chi connectivity index (χ3v) is 3.23. The highest BCUT2D eigenvalue weighted by atomic mass is 16.5. The van der Waals surface area contributed by atoms with Gasteiger partial charge in [-0.1, -0.05) is 12.1 Å². The van der Waals surface area contributed by atoms with Crippen LogP contribution in [0.3, 0.4) is 0 Å². The number of nitrogens with one attached hydrogen (secondary N) is 2. The number of rotatable bonds is 4. The van der Waals surface area contributed by atoms with E-state index >= 15 is 0 Å². The summed E-state index contributed by atoms with van der Waals surface area (Å²) in [4.78, 5) is 20.2. The Hall–Kier alpha value is -3.15. The van der Waals surface area contributed by atoms with Crippen LogP contribution in [0.25, 0.3) is 11.0 Å². The molecule has 0 atom stereocenters. The lowest BCUT2D eigenvalue weighted by atomic mass is 10.2. The number of amides is 1. The third-order valence-electron chi connectivity index (χ3n) is 3.23. The van der Waals surface area contributed by atoms with Crippen LogP contribution in [0.15, 0.2) is 48.7 Å². The van der Waals surface area contributed by atoms with Gasteiger partial charge in [0.1, 0.15) is 11.6 Å². The molecule has 0 spiro atoms. The Labute approximate surface area is 133 Å². The Balaban J connectivity index is 1.90. The minimum Gasteiger partial charge on any atom is -0.495 e. The van der Waals surface area contributed by atoms with Gasteiger partial charge in [-0.25, -0.2) is 4.98 Å². The number of benzene rings is 2. The molecule has 3 rings (SSSR count). The van der Waals surface area contributed by atoms with Crippen molar-refractivity contribution < 1.29 is 9.53 Å². The van der Waals surface area contributed by atoms with Crippen molar-refractivity contribution in [2.45, 2.75) is 6.92 Å². The van der Waals surface area contributed by atoms with Crippen LogP contribution in [0, 0.1) is 0 Å². The van der Waals surface area contributed by atoms with Crippen molar-refractivity contribution in [3.05, 3.63) is 48.7 Å². The number of para-hydroxylation sites is 2. The van der Waals surface area contributed by atoms with E-state index in [-0.39, 0.29) is 5.91 Å². The highest BCUT2D eigenvalue weighted by Gasteiger charge is 2.07. The molecular formula is C17H16N4O2. The minimum atomic E-state index is -0.161. The summed E-state index contributed by atoms with van der Waals surface area (Å²) in [6, 6.07) is 13.1. The molecule has 0 aliphatic carbocycles. The molecule has 6 nitrogen and oxygen atoms in total. The topological polar surface area (TPSA) is 76.1 Å². The van der Waals surface area contributed by atoms with Gasteiger partial charge in [0.2, 0.25) is 5.91 Å². The number of methoxy groups -OCH3 is 1. The maximum Gasteiger partial charge on any atom is 0.221 e. The molecule has 0 bridgehead atoms. The standard InChI is InChI=1S/C17H16N4O2/c1-11(22)19-15-9-12(7-8-16(15)23-2)20-17-10-18-13-5-3-4-6-14(13)21-17/h3-10H,1-2H3,(H,19,22)(H,20,21). The molecule has 0 aliphatic heterocycles. The average molecular weight is 308 g/mol. The van der Waals surface area contributed by atoms with Crippen LogP contribution in [0.4, 0.5) is 17.2 Å². The molecule has 6 heteroatoms. The van der Waals surface area contributed by atoms with Gasteiger partial charge in [-0.2, -0.15) is 0 Å². The van der Waals surface area contributed by atoms with Gasteiger partial charge in [0, 0.05) is 12.6 Å². The van der Waals surface area contributed by atoms with Gasteiger partial charge in [-0.3, -0.25) is 9.78 Å². The summed E-state index contributed by atoms with van der Waals surface area (Å²) >= 11 is 0. The number of hydrogen-bond donors (Lipinski definition) is 2. The summed E-state index contributed by atoms with van der Waals surface area (Å²) in [5.74, 6) is 1.06. The summed E-state index contributed by atoms with van der Waals surface area (Å²) in [5, 5.41) is 5.92. The van der Waals surface area contributed by atoms with Gasteiger partial charge < -0.3 is 15.4 Å². The lowest BCUT2D eigenvalue weighted by Gasteiger charge is -2.12. The van der Waals surface area contributed by atoms with Gasteiger partial charge in [0.15, 0.2) is 0 Å². The zero-order valence-corrected chi connectivity index (χ0v) is 12.8. The molecule has 0 unspecified atom stereocenters. The Morgan fingerprint density at radius 1 is 1.13 bits per heavy atom. The van der Waals surface area contributed by atoms with Crippen molar-refractivity contribution in [3.8, 4) is 5.75 Å². The molecule has 0 fully saturated rings. The van der Waals surface area contributed by atoms with Crippen LogP contribution < -0.4 is 15.4 Å². The third kappa shape index (κ3) is 3.37. The fourth-order valence-electron chi connectivity index (χ4n) is 2.24. The smallest absolute Gasteiger partial charge is 0.221 e. The summed E-state index contributed by atoms with van der Waals surface area (Å²) in [6.45, 7) is 1.45. The van der Waals surface area contributed by atoms with E-state index in [0.717, 1.165) is 16.7 Å². The van der Waals surface area contributed by atoms with E-state index in [4.69, 9.17) is 4.74 Å². The Morgan fingerprint density at radius 3 is 2.65 bits per heavy atom. The first-order valence-electron chi connectivity index (χ1n) is 7.10. The van der Waals surface area contributed by atoms with Gasteiger partial charge in [0.25, 0.3) is 0 Å². The lowest BCUT2D eigenvalue weighted by Crippen LogP contribution is -2.07. The number of hydrogen-bond acceptors (Lipinski definition) is 5. The highest BCUT2D eigenvalue weighted by molar-refractivity contribution is 5.91. The summed E-state index contributed by atoms with van der Waals surface area (Å²) in [6.07, 6.45) is 1.67. The molecule has 3 aromatic rings. The predicted octanol–water partition coefficient (Wildman–Crippen LogP) is 3.34. The number of carbonyl (C=O) groups is 1. The fraction of sp³-hybridized carbons (Fsp3) is 0.118. The molecule has 1 aromatic heterocycles. The molecule has 0 aliphatic rings. The Kier molecular flexibility index (Phi) is 4.05. The average Bonchev–Trinajstić information content (AvgIpc) is 2.54. The number of nitrogens with zero attached hydrogens (tertiary/aromatic N) is 2. The summed E-state index contributed by atoms with van der Waals surface area (Å²) in [5.41, 5.74) is 3.03. The predicted molar refractivity (Wildman–Crippen MR) is 90.1 cm³/mol. The number of anilines is 3. The molecule has 0 saturated carbocycles. The second-order valence-corrected chi connectivity index (χ2v) is 4.97. The van der Waals surface area contributed by atoms with Crippen LogP contribution in [-0.2, 0) is 4.79 Å². The van der Waals surface area contributed by atoms with Crippen molar-refractivity contribution in [3.63, 3.8) is 0 Å². The van der Waals surface area contributed by atoms with E-state index in [2.05, 4.69) is 20.6 Å². The minimum absolute atomic E-state index is 0.161. The molecule has 0 radical (unpaired) electrons. The quantitative estimate of drug-likeness (QED) is 0.773. The lowest BCUT2D eigenvalue weighted by molar-refractivity contribution is -0.114. The first-order chi connectivity index (χ1) is 11.2. The molecule has 116 valence electrons. The van der Waals surface area contributed by atoms with E-state index < -0.39 is 0 Å². The van der Waals surface area contributed by atoms with Gasteiger partial charge in [-0.05, 0) is 30.3 Å². The van der Waals surface area contributed by atoms with Crippen LogP contribution in [0.5, 0.6) is 5.75 Å². The summed E-state index contributed by atoms with van der Waals surface area (Å²) < 4.78 is 5.24. The van der Waals surface area contributed by atoms with E-state index in [1.807, 2.05) is 30.3 Å². The number of carbonyl (C=O) groups excluding carboxylic acids is 1. The van der Waals surface area contributed by atoms with Crippen LogP contribution in [0.2, 0.25) is 0 Å². The van der Waals surface area contributed by atoms with Crippen molar-refractivity contribution in [1.82, 2.24) is 9.97 Å². The van der Waals surface area contributed by atoms with E-state index in [1.54, 1.807) is 25.4 Å². The number of fused-ring (bicyclic) bond motifs is 1. The molecule has 0 saturated heterocycles. The molecule has 23 heavy (non-hydrogen) atoms. The number of aromatic nitrogens is 2. The molecule has 1 amide bonds. The van der Waals surface area contributed by atoms with Crippen molar-refractivity contribution >= 4 is 34.1 Å². The van der Waals surface area contributed by atoms with Crippen LogP contribution in [-0.4, -0.2) is 23.0 Å². The first-order valence-corrected chi connectivity index (χ1v) is 7.10. The normalized spacial score (nSPS) is 10.3. The Morgan fingerprint density at radius 2 is 1.91 bits per heavy atom.